The highest BCUT2D eigenvalue weighted by molar-refractivity contribution is 5.98. The minimum absolute atomic E-state index is 0.0157. The lowest BCUT2D eigenvalue weighted by Crippen LogP contribution is -2.45. The summed E-state index contributed by atoms with van der Waals surface area (Å²) in [7, 11) is 0. The summed E-state index contributed by atoms with van der Waals surface area (Å²) in [5.74, 6) is -0.358. The van der Waals surface area contributed by atoms with Gasteiger partial charge in [0.05, 0.1) is 43.3 Å². The number of ether oxygens (including phenoxy) is 4. The zero-order chi connectivity index (χ0) is 53.8. The number of rotatable bonds is 26. The van der Waals surface area contributed by atoms with Crippen molar-refractivity contribution in [2.75, 3.05) is 59.4 Å². The van der Waals surface area contributed by atoms with Gasteiger partial charge in [0.1, 0.15) is 40.8 Å². The summed E-state index contributed by atoms with van der Waals surface area (Å²) in [5.41, 5.74) is 4.21. The molecule has 8 heterocycles. The fourth-order valence-electron chi connectivity index (χ4n) is 11.1. The Balaban J connectivity index is 0.902. The minimum atomic E-state index is -0.510. The second-order valence-electron chi connectivity index (χ2n) is 20.5. The summed E-state index contributed by atoms with van der Waals surface area (Å²) >= 11 is 0. The second kappa shape index (κ2) is 26.1. The van der Waals surface area contributed by atoms with Crippen LogP contribution < -0.4 is 16.0 Å². The number of urea groups is 1. The van der Waals surface area contributed by atoms with Crippen molar-refractivity contribution in [1.29, 1.82) is 0 Å². The van der Waals surface area contributed by atoms with E-state index < -0.39 is 11.6 Å². The van der Waals surface area contributed by atoms with E-state index in [0.717, 1.165) is 114 Å². The molecule has 0 unspecified atom stereocenters. The van der Waals surface area contributed by atoms with E-state index in [1.54, 1.807) is 18.6 Å². The number of nitrogens with one attached hydrogen (secondary N) is 4. The van der Waals surface area contributed by atoms with Crippen molar-refractivity contribution in [2.24, 2.45) is 0 Å². The highest BCUT2D eigenvalue weighted by Crippen LogP contribution is 2.39. The molecule has 0 radical (unpaired) electrons. The first kappa shape index (κ1) is 54.4. The number of aromatic nitrogens is 10. The third-order valence-electron chi connectivity index (χ3n) is 14.9. The molecule has 0 aliphatic heterocycles. The maximum Gasteiger partial charge on any atom is 0.315 e. The third-order valence-corrected chi connectivity index (χ3v) is 14.9. The van der Waals surface area contributed by atoms with Crippen molar-refractivity contribution in [1.82, 2.24) is 64.5 Å². The van der Waals surface area contributed by atoms with E-state index in [1.165, 1.54) is 18.3 Å². The molecule has 0 spiro atoms. The predicted molar refractivity (Wildman–Crippen MR) is 293 cm³/mol. The molecule has 3 amide bonds. The molecule has 78 heavy (non-hydrogen) atoms. The smallest absolute Gasteiger partial charge is 0.315 e. The number of carbonyl (C=O) groups excluding carboxylic acids is 2. The maximum absolute atomic E-state index is 15.4. The monoisotopic (exact) mass is 1070 g/mol. The van der Waals surface area contributed by atoms with Crippen LogP contribution in [-0.4, -0.2) is 132 Å². The molecular formula is C57H71F2N13O6. The number of hydrogen-bond donors (Lipinski definition) is 4. The average Bonchev–Trinajstić information content (AvgIpc) is 4.46. The quantitative estimate of drug-likeness (QED) is 0.0373. The fraction of sp³-hybridized carbons (Fsp3) is 0.509. The van der Waals surface area contributed by atoms with Crippen LogP contribution in [-0.2, 0) is 23.7 Å². The Hall–Kier alpha value is -6.94. The summed E-state index contributed by atoms with van der Waals surface area (Å²) in [5, 5.41) is 12.0. The first-order valence-electron chi connectivity index (χ1n) is 27.9. The van der Waals surface area contributed by atoms with Crippen molar-refractivity contribution >= 4 is 56.1 Å². The molecule has 414 valence electrons. The highest BCUT2D eigenvalue weighted by Gasteiger charge is 2.30. The Labute approximate surface area is 451 Å². The van der Waals surface area contributed by atoms with Crippen molar-refractivity contribution in [3.63, 3.8) is 0 Å². The van der Waals surface area contributed by atoms with Gasteiger partial charge in [-0.2, -0.15) is 0 Å². The molecule has 19 nitrogen and oxygen atoms in total. The normalized spacial score (nSPS) is 17.9. The standard InChI is InChI=1S/C57H71F2N13O6/c1-3-5-7-20-77-23-24-78-36-50(73)66-40-12-10-14-42(27-40)70-18-16-37-29-61-53(68-54(37)70)48-34-72(55-45(48)26-39(59)31-65-55)49-35-71(56-47(49)33-64-52(69-56)46-32-63-51-44(46)25-38(58)30-62-51)43-15-11-13-41(28-43)67-57(74)60-17-22-76-21-9-6-8-19-75-4-2/h16,18,25-26,29-35,40-43H,3-15,17,19-24,27-28,36H2,1-2H3,(H,62,63)(H,66,73)(H2,60,67,74)/t40-,41-,42+,43+/m1/s1. The van der Waals surface area contributed by atoms with Gasteiger partial charge in [0, 0.05) is 122 Å². The van der Waals surface area contributed by atoms with Crippen LogP contribution in [0, 0.1) is 11.6 Å². The number of aromatic amines is 1. The van der Waals surface area contributed by atoms with Crippen LogP contribution in [0.4, 0.5) is 13.6 Å². The van der Waals surface area contributed by atoms with E-state index in [9.17, 15) is 14.0 Å². The van der Waals surface area contributed by atoms with Crippen LogP contribution >= 0.6 is 0 Å². The van der Waals surface area contributed by atoms with Gasteiger partial charge in [-0.1, -0.05) is 19.8 Å². The number of fused-ring (bicyclic) bond motifs is 4. The molecule has 0 saturated heterocycles. The molecule has 0 bridgehead atoms. The van der Waals surface area contributed by atoms with Crippen molar-refractivity contribution in [2.45, 2.75) is 128 Å². The van der Waals surface area contributed by atoms with Gasteiger partial charge in [-0.15, -0.1) is 0 Å². The Morgan fingerprint density at radius 2 is 1.36 bits per heavy atom. The Morgan fingerprint density at radius 3 is 2.17 bits per heavy atom. The van der Waals surface area contributed by atoms with E-state index in [2.05, 4.69) is 47.0 Å². The number of halogens is 2. The molecule has 8 aromatic heterocycles. The summed E-state index contributed by atoms with van der Waals surface area (Å²) in [6.45, 7) is 8.61. The van der Waals surface area contributed by atoms with Gasteiger partial charge in [-0.25, -0.2) is 43.5 Å². The number of hydrogen-bond acceptors (Lipinski definition) is 12. The van der Waals surface area contributed by atoms with Gasteiger partial charge in [-0.05, 0) is 102 Å². The summed E-state index contributed by atoms with van der Waals surface area (Å²) in [6.07, 6.45) is 26.4. The Kier molecular flexibility index (Phi) is 18.2. The molecule has 2 aliphatic rings. The van der Waals surface area contributed by atoms with Gasteiger partial charge >= 0.3 is 6.03 Å². The molecule has 2 fully saturated rings. The molecule has 8 aromatic rings. The van der Waals surface area contributed by atoms with Crippen LogP contribution in [0.15, 0.2) is 67.8 Å². The number of amides is 3. The first-order chi connectivity index (χ1) is 38.2. The van der Waals surface area contributed by atoms with Crippen LogP contribution in [0.5, 0.6) is 0 Å². The second-order valence-corrected chi connectivity index (χ2v) is 20.5. The van der Waals surface area contributed by atoms with Crippen molar-refractivity contribution in [3.05, 3.63) is 79.4 Å². The van der Waals surface area contributed by atoms with Gasteiger partial charge < -0.3 is 49.0 Å². The van der Waals surface area contributed by atoms with Gasteiger partial charge in [0.25, 0.3) is 0 Å². The topological polar surface area (TPSA) is 215 Å². The molecule has 4 atom stereocenters. The lowest BCUT2D eigenvalue weighted by Gasteiger charge is -2.31. The van der Waals surface area contributed by atoms with Gasteiger partial charge in [0.15, 0.2) is 11.6 Å². The zero-order valence-electron chi connectivity index (χ0n) is 44.7. The Bertz CT molecular complexity index is 3300. The average molecular weight is 1070 g/mol. The summed E-state index contributed by atoms with van der Waals surface area (Å²) in [6, 6.07) is 4.45. The van der Waals surface area contributed by atoms with E-state index in [1.807, 2.05) is 36.1 Å². The van der Waals surface area contributed by atoms with E-state index in [4.69, 9.17) is 38.9 Å². The van der Waals surface area contributed by atoms with E-state index in [-0.39, 0.29) is 42.7 Å². The number of pyridine rings is 2. The summed E-state index contributed by atoms with van der Waals surface area (Å²) in [4.78, 5) is 58.3. The van der Waals surface area contributed by atoms with Crippen molar-refractivity contribution in [3.8, 4) is 28.5 Å². The van der Waals surface area contributed by atoms with Gasteiger partial charge in [0.2, 0.25) is 5.91 Å². The van der Waals surface area contributed by atoms with Crippen molar-refractivity contribution < 1.29 is 37.3 Å². The zero-order valence-corrected chi connectivity index (χ0v) is 44.7. The number of carbonyl (C=O) groups is 2. The largest absolute Gasteiger partial charge is 0.382 e. The number of H-pyrrole nitrogens is 1. The lowest BCUT2D eigenvalue weighted by molar-refractivity contribution is -0.127. The van der Waals surface area contributed by atoms with Crippen LogP contribution in [0.3, 0.4) is 0 Å². The molecule has 0 aromatic carbocycles. The van der Waals surface area contributed by atoms with E-state index in [0.29, 0.717) is 108 Å². The molecule has 4 N–H and O–H groups in total. The van der Waals surface area contributed by atoms with Crippen LogP contribution in [0.1, 0.15) is 116 Å². The van der Waals surface area contributed by atoms with Crippen LogP contribution in [0.2, 0.25) is 0 Å². The Morgan fingerprint density at radius 1 is 0.667 bits per heavy atom. The fourth-order valence-corrected chi connectivity index (χ4v) is 11.1. The van der Waals surface area contributed by atoms with E-state index >= 15 is 4.39 Å². The van der Waals surface area contributed by atoms with Crippen LogP contribution in [0.25, 0.3) is 72.6 Å². The molecule has 2 saturated carbocycles. The molecular weight excluding hydrogens is 1000 g/mol. The molecule has 21 heteroatoms. The van der Waals surface area contributed by atoms with Gasteiger partial charge in [-0.3, -0.25) is 9.36 Å². The lowest BCUT2D eigenvalue weighted by atomic mass is 9.90. The molecule has 10 rings (SSSR count). The minimum Gasteiger partial charge on any atom is -0.382 e. The SMILES string of the molecule is CCCCCOCCOCC(=O)N[C@@H]1CCC[C@H](n2ccc3cnc(-c4cn(-c5cn([C@H]6CCC[C@@H](NC(=O)NCCOCCCCCOCC)C6)c6nc(-c7c[nH]c8ncc(F)cc78)ncc56)c5ncc(F)cc45)nc32)C1. The predicted octanol–water partition coefficient (Wildman–Crippen LogP) is 9.83. The molecule has 2 aliphatic carbocycles. The number of nitrogens with zero attached hydrogens (tertiary/aromatic N) is 9. The summed E-state index contributed by atoms with van der Waals surface area (Å²) < 4.78 is 58.6. The first-order valence-corrected chi connectivity index (χ1v) is 27.9. The maximum atomic E-state index is 15.4. The third kappa shape index (κ3) is 13.0. The number of unbranched alkanes of at least 4 members (excludes halogenated alkanes) is 4. The highest BCUT2D eigenvalue weighted by atomic mass is 19.1.